The second-order valence-electron chi connectivity index (χ2n) is 3.69. The first-order chi connectivity index (χ1) is 7.00. The van der Waals surface area contributed by atoms with Gasteiger partial charge in [-0.3, -0.25) is 0 Å². The lowest BCUT2D eigenvalue weighted by Crippen LogP contribution is -2.34. The molecule has 2 N–H and O–H groups in total. The van der Waals surface area contributed by atoms with Gasteiger partial charge in [-0.15, -0.1) is 0 Å². The summed E-state index contributed by atoms with van der Waals surface area (Å²) in [7, 11) is 0. The van der Waals surface area contributed by atoms with E-state index in [1.165, 1.54) is 0 Å². The van der Waals surface area contributed by atoms with E-state index in [4.69, 9.17) is 5.11 Å². The largest absolute Gasteiger partial charge is 0.480 e. The average Bonchev–Trinajstić information content (AvgIpc) is 2.13. The molecule has 1 aromatic rings. The van der Waals surface area contributed by atoms with Crippen molar-refractivity contribution in [3.05, 3.63) is 18.1 Å². The lowest BCUT2D eigenvalue weighted by Gasteiger charge is -2.18. The van der Waals surface area contributed by atoms with Gasteiger partial charge < -0.3 is 10.4 Å². The Labute approximate surface area is 88.6 Å². The molecular weight excluding hydrogens is 194 g/mol. The number of hydrogen-bond donors (Lipinski definition) is 2. The Kier molecular flexibility index (Phi) is 3.60. The van der Waals surface area contributed by atoms with Crippen LogP contribution in [0.25, 0.3) is 0 Å². The Morgan fingerprint density at radius 1 is 1.53 bits per heavy atom. The summed E-state index contributed by atoms with van der Waals surface area (Å²) in [5, 5.41) is 11.8. The predicted octanol–water partition coefficient (Wildman–Crippen LogP) is 1.31. The van der Waals surface area contributed by atoms with Crippen LogP contribution in [0.1, 0.15) is 19.7 Å². The monoisotopic (exact) mass is 209 g/mol. The van der Waals surface area contributed by atoms with E-state index in [-0.39, 0.29) is 5.92 Å². The lowest BCUT2D eigenvalue weighted by molar-refractivity contribution is -0.138. The molecule has 1 rings (SSSR count). The Morgan fingerprint density at radius 2 is 2.20 bits per heavy atom. The van der Waals surface area contributed by atoms with E-state index in [9.17, 15) is 4.79 Å². The number of aromatic nitrogens is 2. The van der Waals surface area contributed by atoms with E-state index in [0.717, 1.165) is 0 Å². The van der Waals surface area contributed by atoms with Gasteiger partial charge in [0.15, 0.2) is 0 Å². The zero-order chi connectivity index (χ0) is 11.4. The molecule has 0 amide bonds. The molecule has 5 nitrogen and oxygen atoms in total. The number of carboxylic acid groups (broad SMARTS) is 1. The van der Waals surface area contributed by atoms with Crippen molar-refractivity contribution in [2.24, 2.45) is 5.92 Å². The van der Waals surface area contributed by atoms with Gasteiger partial charge in [0.2, 0.25) is 0 Å². The minimum Gasteiger partial charge on any atom is -0.480 e. The number of carbonyl (C=O) groups is 1. The molecule has 0 aliphatic heterocycles. The number of aliphatic carboxylic acids is 1. The molecule has 1 aromatic heterocycles. The maximum atomic E-state index is 10.9. The number of nitrogens with one attached hydrogen (secondary N) is 1. The molecule has 0 unspecified atom stereocenters. The molecular formula is C10H15N3O2. The fourth-order valence-electron chi connectivity index (χ4n) is 1.21. The molecule has 1 heterocycles. The van der Waals surface area contributed by atoms with Crippen LogP contribution in [0.15, 0.2) is 12.3 Å². The van der Waals surface area contributed by atoms with Crippen LogP contribution < -0.4 is 5.32 Å². The topological polar surface area (TPSA) is 75.1 Å². The summed E-state index contributed by atoms with van der Waals surface area (Å²) in [6.07, 6.45) is 1.60. The van der Waals surface area contributed by atoms with E-state index in [1.54, 1.807) is 19.2 Å². The van der Waals surface area contributed by atoms with E-state index >= 15 is 0 Å². The standard InChI is InChI=1S/C10H15N3O2/c1-6(2)9(10(14)15)13-8-4-5-11-7(3)12-8/h4-6,9H,1-3H3,(H,14,15)(H,11,12,13)/t9-/m1/s1. The molecule has 15 heavy (non-hydrogen) atoms. The van der Waals surface area contributed by atoms with Crippen molar-refractivity contribution >= 4 is 11.8 Å². The van der Waals surface area contributed by atoms with Crippen LogP contribution in [0.2, 0.25) is 0 Å². The van der Waals surface area contributed by atoms with Crippen LogP contribution in [0.5, 0.6) is 0 Å². The minimum atomic E-state index is -0.874. The van der Waals surface area contributed by atoms with Gasteiger partial charge in [-0.2, -0.15) is 0 Å². The van der Waals surface area contributed by atoms with E-state index in [2.05, 4.69) is 15.3 Å². The SMILES string of the molecule is Cc1nccc(N[C@@H](C(=O)O)C(C)C)n1. The van der Waals surface area contributed by atoms with Crippen LogP contribution in [0, 0.1) is 12.8 Å². The summed E-state index contributed by atoms with van der Waals surface area (Å²) >= 11 is 0. The Balaban J connectivity index is 2.79. The van der Waals surface area contributed by atoms with Gasteiger partial charge in [0.05, 0.1) is 0 Å². The summed E-state index contributed by atoms with van der Waals surface area (Å²) in [5.74, 6) is 0.288. The third-order valence-electron chi connectivity index (χ3n) is 2.01. The zero-order valence-corrected chi connectivity index (χ0v) is 9.06. The molecule has 0 aliphatic carbocycles. The molecule has 0 aliphatic rings. The smallest absolute Gasteiger partial charge is 0.326 e. The third kappa shape index (κ3) is 3.19. The van der Waals surface area contributed by atoms with E-state index < -0.39 is 12.0 Å². The summed E-state index contributed by atoms with van der Waals surface area (Å²) in [4.78, 5) is 19.0. The maximum absolute atomic E-state index is 10.9. The van der Waals surface area contributed by atoms with Gasteiger partial charge >= 0.3 is 5.97 Å². The lowest BCUT2D eigenvalue weighted by atomic mass is 10.1. The number of anilines is 1. The highest BCUT2D eigenvalue weighted by atomic mass is 16.4. The van der Waals surface area contributed by atoms with Crippen molar-refractivity contribution in [1.29, 1.82) is 0 Å². The van der Waals surface area contributed by atoms with Gasteiger partial charge in [-0.25, -0.2) is 14.8 Å². The minimum absolute atomic E-state index is 0.00206. The van der Waals surface area contributed by atoms with E-state index in [0.29, 0.717) is 11.6 Å². The van der Waals surface area contributed by atoms with Crippen LogP contribution in [0.4, 0.5) is 5.82 Å². The van der Waals surface area contributed by atoms with Crippen molar-refractivity contribution in [2.75, 3.05) is 5.32 Å². The second kappa shape index (κ2) is 4.72. The van der Waals surface area contributed by atoms with Gasteiger partial charge in [0.25, 0.3) is 0 Å². The summed E-state index contributed by atoms with van der Waals surface area (Å²) in [6, 6.07) is 1.03. The van der Waals surface area contributed by atoms with Crippen molar-refractivity contribution < 1.29 is 9.90 Å². The first kappa shape index (κ1) is 11.4. The maximum Gasteiger partial charge on any atom is 0.326 e. The predicted molar refractivity (Wildman–Crippen MR) is 56.7 cm³/mol. The van der Waals surface area contributed by atoms with Crippen molar-refractivity contribution in [1.82, 2.24) is 9.97 Å². The summed E-state index contributed by atoms with van der Waals surface area (Å²) < 4.78 is 0. The van der Waals surface area contributed by atoms with Gasteiger partial charge in [-0.05, 0) is 18.9 Å². The van der Waals surface area contributed by atoms with Crippen molar-refractivity contribution in [3.8, 4) is 0 Å². The van der Waals surface area contributed by atoms with Crippen molar-refractivity contribution in [2.45, 2.75) is 26.8 Å². The average molecular weight is 209 g/mol. The fraction of sp³-hybridized carbons (Fsp3) is 0.500. The van der Waals surface area contributed by atoms with Crippen LogP contribution in [0.3, 0.4) is 0 Å². The van der Waals surface area contributed by atoms with Gasteiger partial charge in [-0.1, -0.05) is 13.8 Å². The second-order valence-corrected chi connectivity index (χ2v) is 3.69. The number of aryl methyl sites for hydroxylation is 1. The molecule has 5 heteroatoms. The molecule has 0 saturated heterocycles. The molecule has 0 aromatic carbocycles. The Morgan fingerprint density at radius 3 is 2.67 bits per heavy atom. The zero-order valence-electron chi connectivity index (χ0n) is 9.06. The number of rotatable bonds is 4. The molecule has 0 spiro atoms. The number of hydrogen-bond acceptors (Lipinski definition) is 4. The molecule has 0 radical (unpaired) electrons. The number of carboxylic acids is 1. The van der Waals surface area contributed by atoms with Crippen LogP contribution in [-0.4, -0.2) is 27.1 Å². The highest BCUT2D eigenvalue weighted by Crippen LogP contribution is 2.10. The van der Waals surface area contributed by atoms with Crippen molar-refractivity contribution in [3.63, 3.8) is 0 Å². The van der Waals surface area contributed by atoms with E-state index in [1.807, 2.05) is 13.8 Å². The molecule has 82 valence electrons. The Bertz CT molecular complexity index is 352. The molecule has 0 saturated carbocycles. The molecule has 1 atom stereocenters. The quantitative estimate of drug-likeness (QED) is 0.781. The fourth-order valence-corrected chi connectivity index (χ4v) is 1.21. The first-order valence-electron chi connectivity index (χ1n) is 4.79. The molecule has 0 bridgehead atoms. The highest BCUT2D eigenvalue weighted by molar-refractivity contribution is 5.77. The normalized spacial score (nSPS) is 12.5. The van der Waals surface area contributed by atoms with Crippen LogP contribution in [-0.2, 0) is 4.79 Å². The van der Waals surface area contributed by atoms with Gasteiger partial charge in [0.1, 0.15) is 17.7 Å². The summed E-state index contributed by atoms with van der Waals surface area (Å²) in [6.45, 7) is 5.45. The van der Waals surface area contributed by atoms with Crippen LogP contribution >= 0.6 is 0 Å². The Hall–Kier alpha value is -1.65. The summed E-state index contributed by atoms with van der Waals surface area (Å²) in [5.41, 5.74) is 0. The third-order valence-corrected chi connectivity index (χ3v) is 2.01. The van der Waals surface area contributed by atoms with Gasteiger partial charge in [0, 0.05) is 6.20 Å². The highest BCUT2D eigenvalue weighted by Gasteiger charge is 2.21. The first-order valence-corrected chi connectivity index (χ1v) is 4.79. The number of nitrogens with zero attached hydrogens (tertiary/aromatic N) is 2. The molecule has 0 fully saturated rings.